The van der Waals surface area contributed by atoms with E-state index in [0.717, 1.165) is 6.42 Å². The minimum absolute atomic E-state index is 0.201. The fourth-order valence-corrected chi connectivity index (χ4v) is 2.48. The van der Waals surface area contributed by atoms with Crippen LogP contribution in [0.25, 0.3) is 17.1 Å². The Kier molecular flexibility index (Phi) is 3.54. The molecule has 3 rings (SSSR count). The highest BCUT2D eigenvalue weighted by Crippen LogP contribution is 2.20. The Balaban J connectivity index is 2.25. The van der Waals surface area contributed by atoms with Gasteiger partial charge < -0.3 is 14.1 Å². The number of carbonyl (C=O) groups is 1. The van der Waals surface area contributed by atoms with Crippen LogP contribution in [0.3, 0.4) is 0 Å². The smallest absolute Gasteiger partial charge is 0.309 e. The topological polar surface area (TPSA) is 89.7 Å². The summed E-state index contributed by atoms with van der Waals surface area (Å²) in [5, 5.41) is 13.3. The number of carboxylic acid groups (broad SMARTS) is 1. The van der Waals surface area contributed by atoms with Crippen molar-refractivity contribution >= 4 is 11.6 Å². The highest BCUT2D eigenvalue weighted by atomic mass is 16.4. The summed E-state index contributed by atoms with van der Waals surface area (Å²) >= 11 is 0. The molecular formula is C15H15N3O4. The molecule has 3 aromatic heterocycles. The van der Waals surface area contributed by atoms with E-state index in [1.54, 1.807) is 18.2 Å². The Morgan fingerprint density at radius 1 is 1.41 bits per heavy atom. The van der Waals surface area contributed by atoms with Crippen LogP contribution in [-0.4, -0.2) is 25.3 Å². The standard InChI is InChI=1S/C15H15N3O4/c1-2-5-17-10(8-15(20)21)7-14(19)18-13(17)9-11(16-18)12-4-3-6-22-12/h3-4,6-7,9H,2,5,8H2,1H3,(H,20,21). The largest absolute Gasteiger partial charge is 0.481 e. The number of rotatable bonds is 5. The zero-order chi connectivity index (χ0) is 15.7. The second-order valence-electron chi connectivity index (χ2n) is 4.97. The molecule has 0 saturated heterocycles. The van der Waals surface area contributed by atoms with E-state index in [1.807, 2.05) is 11.5 Å². The summed E-state index contributed by atoms with van der Waals surface area (Å²) in [7, 11) is 0. The monoisotopic (exact) mass is 301 g/mol. The van der Waals surface area contributed by atoms with Crippen LogP contribution >= 0.6 is 0 Å². The van der Waals surface area contributed by atoms with Gasteiger partial charge in [0.15, 0.2) is 5.76 Å². The zero-order valence-corrected chi connectivity index (χ0v) is 12.0. The summed E-state index contributed by atoms with van der Waals surface area (Å²) in [4.78, 5) is 23.2. The van der Waals surface area contributed by atoms with Gasteiger partial charge in [-0.1, -0.05) is 6.92 Å². The maximum Gasteiger partial charge on any atom is 0.309 e. The van der Waals surface area contributed by atoms with Crippen molar-refractivity contribution in [3.63, 3.8) is 0 Å². The summed E-state index contributed by atoms with van der Waals surface area (Å²) in [5.74, 6) is -0.412. The summed E-state index contributed by atoms with van der Waals surface area (Å²) in [6.45, 7) is 2.60. The van der Waals surface area contributed by atoms with Gasteiger partial charge in [-0.15, -0.1) is 0 Å². The number of hydrogen-bond acceptors (Lipinski definition) is 4. The Morgan fingerprint density at radius 3 is 2.86 bits per heavy atom. The van der Waals surface area contributed by atoms with Gasteiger partial charge in [-0.3, -0.25) is 9.59 Å². The first-order valence-corrected chi connectivity index (χ1v) is 6.98. The molecule has 1 N–H and O–H groups in total. The minimum Gasteiger partial charge on any atom is -0.481 e. The van der Waals surface area contributed by atoms with Gasteiger partial charge in [-0.05, 0) is 18.6 Å². The number of aliphatic carboxylic acids is 1. The van der Waals surface area contributed by atoms with E-state index >= 15 is 0 Å². The van der Waals surface area contributed by atoms with Gasteiger partial charge in [-0.2, -0.15) is 9.61 Å². The normalized spacial score (nSPS) is 11.1. The van der Waals surface area contributed by atoms with Crippen LogP contribution in [-0.2, 0) is 17.8 Å². The van der Waals surface area contributed by atoms with Crippen molar-refractivity contribution in [1.29, 1.82) is 0 Å². The molecule has 0 spiro atoms. The van der Waals surface area contributed by atoms with Crippen LogP contribution in [0.1, 0.15) is 19.0 Å². The molecule has 7 nitrogen and oxygen atoms in total. The van der Waals surface area contributed by atoms with Gasteiger partial charge in [-0.25, -0.2) is 0 Å². The van der Waals surface area contributed by atoms with Crippen LogP contribution in [0.15, 0.2) is 39.7 Å². The second-order valence-corrected chi connectivity index (χ2v) is 4.97. The van der Waals surface area contributed by atoms with Crippen molar-refractivity contribution in [2.75, 3.05) is 0 Å². The first-order valence-electron chi connectivity index (χ1n) is 6.98. The van der Waals surface area contributed by atoms with E-state index < -0.39 is 5.97 Å². The van der Waals surface area contributed by atoms with Crippen molar-refractivity contribution in [2.24, 2.45) is 0 Å². The molecule has 3 aromatic rings. The van der Waals surface area contributed by atoms with E-state index in [4.69, 9.17) is 9.52 Å². The van der Waals surface area contributed by atoms with E-state index in [0.29, 0.717) is 29.3 Å². The summed E-state index contributed by atoms with van der Waals surface area (Å²) in [6.07, 6.45) is 2.15. The molecule has 7 heteroatoms. The predicted octanol–water partition coefficient (Wildman–Crippen LogP) is 1.79. The fraction of sp³-hybridized carbons (Fsp3) is 0.267. The quantitative estimate of drug-likeness (QED) is 0.776. The second kappa shape index (κ2) is 5.51. The fourth-order valence-electron chi connectivity index (χ4n) is 2.48. The van der Waals surface area contributed by atoms with Gasteiger partial charge in [0.1, 0.15) is 11.3 Å². The van der Waals surface area contributed by atoms with Crippen LogP contribution in [0.2, 0.25) is 0 Å². The molecule has 3 heterocycles. The van der Waals surface area contributed by atoms with Crippen LogP contribution in [0, 0.1) is 0 Å². The lowest BCUT2D eigenvalue weighted by atomic mass is 10.2. The third-order valence-corrected chi connectivity index (χ3v) is 3.37. The molecule has 0 aliphatic heterocycles. The van der Waals surface area contributed by atoms with Gasteiger partial charge >= 0.3 is 5.97 Å². The summed E-state index contributed by atoms with van der Waals surface area (Å²) in [5.41, 5.74) is 1.23. The van der Waals surface area contributed by atoms with Crippen LogP contribution in [0.5, 0.6) is 0 Å². The van der Waals surface area contributed by atoms with Gasteiger partial charge in [0.2, 0.25) is 0 Å². The first kappa shape index (κ1) is 14.1. The molecule has 0 saturated carbocycles. The molecule has 0 fully saturated rings. The number of hydrogen-bond donors (Lipinski definition) is 1. The van der Waals surface area contributed by atoms with Crippen molar-refractivity contribution in [3.8, 4) is 11.5 Å². The number of aryl methyl sites for hydroxylation is 1. The molecule has 0 aliphatic rings. The SMILES string of the molecule is CCCn1c(CC(=O)O)cc(=O)n2nc(-c3ccco3)cc12. The van der Waals surface area contributed by atoms with Crippen LogP contribution < -0.4 is 5.56 Å². The van der Waals surface area contributed by atoms with Gasteiger partial charge in [0.25, 0.3) is 5.56 Å². The number of nitrogens with zero attached hydrogens (tertiary/aromatic N) is 3. The molecule has 0 aromatic carbocycles. The maximum atomic E-state index is 12.2. The number of furan rings is 1. The lowest BCUT2D eigenvalue weighted by Crippen LogP contribution is -2.22. The van der Waals surface area contributed by atoms with E-state index in [-0.39, 0.29) is 12.0 Å². The summed E-state index contributed by atoms with van der Waals surface area (Å²) in [6, 6.07) is 6.57. The Hall–Kier alpha value is -2.83. The third kappa shape index (κ3) is 2.41. The lowest BCUT2D eigenvalue weighted by Gasteiger charge is -2.12. The van der Waals surface area contributed by atoms with Crippen molar-refractivity contribution in [2.45, 2.75) is 26.3 Å². The van der Waals surface area contributed by atoms with Crippen LogP contribution in [0.4, 0.5) is 0 Å². The molecule has 0 amide bonds. The molecule has 0 unspecified atom stereocenters. The van der Waals surface area contributed by atoms with E-state index in [2.05, 4.69) is 5.10 Å². The lowest BCUT2D eigenvalue weighted by molar-refractivity contribution is -0.136. The van der Waals surface area contributed by atoms with E-state index in [1.165, 1.54) is 16.8 Å². The number of carboxylic acids is 1. The maximum absolute atomic E-state index is 12.2. The molecule has 0 atom stereocenters. The Morgan fingerprint density at radius 2 is 2.23 bits per heavy atom. The first-order chi connectivity index (χ1) is 10.6. The predicted molar refractivity (Wildman–Crippen MR) is 78.8 cm³/mol. The van der Waals surface area contributed by atoms with Crippen molar-refractivity contribution in [3.05, 3.63) is 46.6 Å². The zero-order valence-electron chi connectivity index (χ0n) is 12.0. The average molecular weight is 301 g/mol. The molecule has 0 bridgehead atoms. The van der Waals surface area contributed by atoms with Gasteiger partial charge in [0.05, 0.1) is 12.7 Å². The molecule has 0 radical (unpaired) electrons. The third-order valence-electron chi connectivity index (χ3n) is 3.37. The summed E-state index contributed by atoms with van der Waals surface area (Å²) < 4.78 is 8.39. The van der Waals surface area contributed by atoms with Crippen molar-refractivity contribution < 1.29 is 14.3 Å². The number of aromatic nitrogens is 3. The highest BCUT2D eigenvalue weighted by molar-refractivity contribution is 5.70. The van der Waals surface area contributed by atoms with E-state index in [9.17, 15) is 9.59 Å². The number of fused-ring (bicyclic) bond motifs is 1. The molecule has 114 valence electrons. The highest BCUT2D eigenvalue weighted by Gasteiger charge is 2.15. The Labute approximate surface area is 125 Å². The van der Waals surface area contributed by atoms with Crippen molar-refractivity contribution in [1.82, 2.24) is 14.2 Å². The molecular weight excluding hydrogens is 286 g/mol. The average Bonchev–Trinajstić information content (AvgIpc) is 3.11. The molecule has 0 aliphatic carbocycles. The molecule has 22 heavy (non-hydrogen) atoms. The Bertz CT molecular complexity index is 874. The van der Waals surface area contributed by atoms with Gasteiger partial charge in [0, 0.05) is 24.4 Å². The minimum atomic E-state index is -0.973.